The van der Waals surface area contributed by atoms with Crippen LogP contribution in [0.25, 0.3) is 0 Å². The largest absolute Gasteiger partial charge is 0.378 e. The molecule has 1 N–H and O–H groups in total. The Morgan fingerprint density at radius 1 is 1.56 bits per heavy atom. The molecule has 0 bridgehead atoms. The van der Waals surface area contributed by atoms with E-state index in [9.17, 15) is 4.79 Å². The van der Waals surface area contributed by atoms with Crippen molar-refractivity contribution in [3.05, 3.63) is 20.8 Å². The summed E-state index contributed by atoms with van der Waals surface area (Å²) in [4.78, 5) is 14.7. The number of hydrogen-bond acceptors (Lipinski definition) is 3. The number of amides is 2. The molecule has 0 aliphatic carbocycles. The smallest absolute Gasteiger partial charge is 0.317 e. The molecule has 6 heteroatoms. The van der Waals surface area contributed by atoms with Crippen molar-refractivity contribution in [1.82, 2.24) is 10.2 Å². The zero-order chi connectivity index (χ0) is 11.4. The van der Waals surface area contributed by atoms with Crippen LogP contribution in [0.1, 0.15) is 4.88 Å². The maximum absolute atomic E-state index is 11.8. The molecule has 1 aromatic rings. The highest BCUT2D eigenvalue weighted by Gasteiger charge is 2.16. The van der Waals surface area contributed by atoms with Crippen LogP contribution in [-0.2, 0) is 11.3 Å². The van der Waals surface area contributed by atoms with Crippen molar-refractivity contribution in [3.63, 3.8) is 0 Å². The van der Waals surface area contributed by atoms with Gasteiger partial charge in [0.2, 0.25) is 0 Å². The van der Waals surface area contributed by atoms with Gasteiger partial charge in [-0.15, -0.1) is 11.3 Å². The van der Waals surface area contributed by atoms with E-state index in [0.717, 1.165) is 9.35 Å². The molecule has 16 heavy (non-hydrogen) atoms. The molecular formula is C10H13BrN2O2S. The van der Waals surface area contributed by atoms with Crippen molar-refractivity contribution in [2.45, 2.75) is 6.54 Å². The van der Waals surface area contributed by atoms with Gasteiger partial charge >= 0.3 is 6.03 Å². The zero-order valence-corrected chi connectivity index (χ0v) is 11.1. The first-order valence-electron chi connectivity index (χ1n) is 5.10. The van der Waals surface area contributed by atoms with Crippen LogP contribution in [0.3, 0.4) is 0 Å². The molecule has 0 unspecified atom stereocenters. The van der Waals surface area contributed by atoms with E-state index in [1.54, 1.807) is 16.2 Å². The number of ether oxygens (including phenoxy) is 1. The standard InChI is InChI=1S/C10H13BrN2O2S/c11-8-1-6-16-9(8)7-12-10(14)13-2-4-15-5-3-13/h1,6H,2-5,7H2,(H,12,14). The average Bonchev–Trinajstić information content (AvgIpc) is 2.73. The summed E-state index contributed by atoms with van der Waals surface area (Å²) in [5, 5.41) is 4.91. The predicted molar refractivity (Wildman–Crippen MR) is 66.6 cm³/mol. The Morgan fingerprint density at radius 2 is 2.31 bits per heavy atom. The van der Waals surface area contributed by atoms with Crippen LogP contribution in [-0.4, -0.2) is 37.2 Å². The summed E-state index contributed by atoms with van der Waals surface area (Å²) in [5.41, 5.74) is 0. The first-order chi connectivity index (χ1) is 7.77. The normalized spacial score (nSPS) is 16.2. The topological polar surface area (TPSA) is 41.6 Å². The number of morpholine rings is 1. The van der Waals surface area contributed by atoms with E-state index in [0.29, 0.717) is 32.8 Å². The maximum atomic E-state index is 11.8. The third-order valence-electron chi connectivity index (χ3n) is 2.39. The van der Waals surface area contributed by atoms with E-state index in [-0.39, 0.29) is 6.03 Å². The molecule has 88 valence electrons. The minimum Gasteiger partial charge on any atom is -0.378 e. The van der Waals surface area contributed by atoms with Gasteiger partial charge in [0.1, 0.15) is 0 Å². The summed E-state index contributed by atoms with van der Waals surface area (Å²) in [6, 6.07) is 1.98. The van der Waals surface area contributed by atoms with Gasteiger partial charge in [-0.2, -0.15) is 0 Å². The number of nitrogens with one attached hydrogen (secondary N) is 1. The molecule has 0 aromatic carbocycles. The van der Waals surface area contributed by atoms with Crippen LogP contribution in [0.15, 0.2) is 15.9 Å². The maximum Gasteiger partial charge on any atom is 0.317 e. The number of halogens is 1. The minimum absolute atomic E-state index is 0.0106. The lowest BCUT2D eigenvalue weighted by Crippen LogP contribution is -2.45. The highest BCUT2D eigenvalue weighted by atomic mass is 79.9. The molecule has 1 aliphatic rings. The molecule has 0 radical (unpaired) electrons. The van der Waals surface area contributed by atoms with E-state index in [1.165, 1.54) is 0 Å². The molecule has 2 rings (SSSR count). The average molecular weight is 305 g/mol. The van der Waals surface area contributed by atoms with E-state index >= 15 is 0 Å². The molecule has 0 saturated carbocycles. The molecule has 4 nitrogen and oxygen atoms in total. The minimum atomic E-state index is -0.0106. The van der Waals surface area contributed by atoms with Gasteiger partial charge in [-0.3, -0.25) is 0 Å². The second kappa shape index (κ2) is 5.65. The van der Waals surface area contributed by atoms with Gasteiger partial charge in [0.05, 0.1) is 19.8 Å². The molecule has 1 aromatic heterocycles. The third kappa shape index (κ3) is 2.96. The first-order valence-corrected chi connectivity index (χ1v) is 6.77. The summed E-state index contributed by atoms with van der Waals surface area (Å²) >= 11 is 5.07. The number of urea groups is 1. The number of carbonyl (C=O) groups excluding carboxylic acids is 1. The molecule has 1 fully saturated rings. The van der Waals surface area contributed by atoms with Crippen molar-refractivity contribution >= 4 is 33.3 Å². The Kier molecular flexibility index (Phi) is 4.20. The Morgan fingerprint density at radius 3 is 2.94 bits per heavy atom. The summed E-state index contributed by atoms with van der Waals surface area (Å²) < 4.78 is 6.25. The molecule has 1 aliphatic heterocycles. The van der Waals surface area contributed by atoms with Crippen LogP contribution < -0.4 is 5.32 Å². The van der Waals surface area contributed by atoms with Crippen LogP contribution in [0.5, 0.6) is 0 Å². The number of rotatable bonds is 2. The van der Waals surface area contributed by atoms with Crippen LogP contribution in [0, 0.1) is 0 Å². The third-order valence-corrected chi connectivity index (χ3v) is 4.32. The van der Waals surface area contributed by atoms with Crippen molar-refractivity contribution in [3.8, 4) is 0 Å². The molecule has 2 amide bonds. The van der Waals surface area contributed by atoms with Gasteiger partial charge in [0, 0.05) is 22.4 Å². The van der Waals surface area contributed by atoms with E-state index in [1.807, 2.05) is 11.4 Å². The lowest BCUT2D eigenvalue weighted by molar-refractivity contribution is 0.0531. The highest BCUT2D eigenvalue weighted by molar-refractivity contribution is 9.10. The van der Waals surface area contributed by atoms with Crippen molar-refractivity contribution in [1.29, 1.82) is 0 Å². The Bertz CT molecular complexity index is 363. The van der Waals surface area contributed by atoms with Crippen molar-refractivity contribution < 1.29 is 9.53 Å². The Balaban J connectivity index is 1.81. The van der Waals surface area contributed by atoms with Crippen molar-refractivity contribution in [2.24, 2.45) is 0 Å². The van der Waals surface area contributed by atoms with Gasteiger partial charge < -0.3 is 15.0 Å². The quantitative estimate of drug-likeness (QED) is 0.908. The molecule has 2 heterocycles. The van der Waals surface area contributed by atoms with Crippen LogP contribution >= 0.6 is 27.3 Å². The van der Waals surface area contributed by atoms with Gasteiger partial charge in [-0.25, -0.2) is 4.79 Å². The Hall–Kier alpha value is -0.590. The van der Waals surface area contributed by atoms with E-state index in [2.05, 4.69) is 21.2 Å². The predicted octanol–water partition coefficient (Wildman–Crippen LogP) is 2.05. The number of hydrogen-bond donors (Lipinski definition) is 1. The molecule has 0 spiro atoms. The number of carbonyl (C=O) groups is 1. The number of thiophene rings is 1. The fourth-order valence-corrected chi connectivity index (χ4v) is 2.92. The van der Waals surface area contributed by atoms with Gasteiger partial charge in [-0.1, -0.05) is 0 Å². The second-order valence-electron chi connectivity index (χ2n) is 3.45. The lowest BCUT2D eigenvalue weighted by Gasteiger charge is -2.26. The summed E-state index contributed by atoms with van der Waals surface area (Å²) in [5.74, 6) is 0. The van der Waals surface area contributed by atoms with Crippen molar-refractivity contribution in [2.75, 3.05) is 26.3 Å². The summed E-state index contributed by atoms with van der Waals surface area (Å²) in [6.07, 6.45) is 0. The molecule has 0 atom stereocenters. The van der Waals surface area contributed by atoms with Crippen LogP contribution in [0.2, 0.25) is 0 Å². The van der Waals surface area contributed by atoms with Gasteiger partial charge in [-0.05, 0) is 27.4 Å². The Labute approximate surface area is 107 Å². The monoisotopic (exact) mass is 304 g/mol. The van der Waals surface area contributed by atoms with Crippen LogP contribution in [0.4, 0.5) is 4.79 Å². The van der Waals surface area contributed by atoms with E-state index in [4.69, 9.17) is 4.74 Å². The zero-order valence-electron chi connectivity index (χ0n) is 8.74. The first kappa shape index (κ1) is 11.9. The fourth-order valence-electron chi connectivity index (χ4n) is 1.49. The molecule has 1 saturated heterocycles. The lowest BCUT2D eigenvalue weighted by atomic mass is 10.4. The number of nitrogens with zero attached hydrogens (tertiary/aromatic N) is 1. The second-order valence-corrected chi connectivity index (χ2v) is 5.30. The van der Waals surface area contributed by atoms with Gasteiger partial charge in [0.15, 0.2) is 0 Å². The molecular weight excluding hydrogens is 292 g/mol. The van der Waals surface area contributed by atoms with Gasteiger partial charge in [0.25, 0.3) is 0 Å². The summed E-state index contributed by atoms with van der Waals surface area (Å²) in [6.45, 7) is 3.20. The van der Waals surface area contributed by atoms with E-state index < -0.39 is 0 Å². The SMILES string of the molecule is O=C(NCc1sccc1Br)N1CCOCC1. The fraction of sp³-hybridized carbons (Fsp3) is 0.500. The highest BCUT2D eigenvalue weighted by Crippen LogP contribution is 2.22. The summed E-state index contributed by atoms with van der Waals surface area (Å²) in [7, 11) is 0.